The summed E-state index contributed by atoms with van der Waals surface area (Å²) in [6.45, 7) is 3.90. The molecule has 47 heavy (non-hydrogen) atoms. The van der Waals surface area contributed by atoms with E-state index in [9.17, 15) is 4.79 Å². The standard InChI is InChI=1S/C10H12N2S.C10H11NS.C8H10N2O.C8H10N2S/c1-7-12-9-3-2-8(4-5-11)6-10(9)13-7;11-5-3-8-1-2-9-4-6-12-10(9)7-8;2*9-6-8(11)10-7-4-2-1-3-5-7/h2-3,6H,4-5,11H2,1H3;1-2,4,6-7H,3,5,11H2;2*1-5H,6,9H2,(H,10,11). The molecule has 0 atom stereocenters. The van der Waals surface area contributed by atoms with E-state index in [0.29, 0.717) is 18.1 Å². The second kappa shape index (κ2) is 20.9. The Bertz CT molecular complexity index is 1740. The molecule has 6 rings (SSSR count). The van der Waals surface area contributed by atoms with Crippen LogP contribution in [-0.4, -0.2) is 42.1 Å². The predicted octanol–water partition coefficient (Wildman–Crippen LogP) is 6.48. The van der Waals surface area contributed by atoms with Crippen LogP contribution in [0.4, 0.5) is 11.4 Å². The lowest BCUT2D eigenvalue weighted by molar-refractivity contribution is -0.114. The smallest absolute Gasteiger partial charge is 0.238 e. The highest BCUT2D eigenvalue weighted by Gasteiger charge is 2.01. The molecule has 0 aliphatic heterocycles. The van der Waals surface area contributed by atoms with Crippen LogP contribution in [0.25, 0.3) is 20.3 Å². The first-order valence-electron chi connectivity index (χ1n) is 15.2. The van der Waals surface area contributed by atoms with Gasteiger partial charge in [0.2, 0.25) is 5.91 Å². The van der Waals surface area contributed by atoms with Crippen LogP contribution >= 0.6 is 34.9 Å². The summed E-state index contributed by atoms with van der Waals surface area (Å²) in [7, 11) is 0. The third kappa shape index (κ3) is 13.7. The first-order valence-corrected chi connectivity index (χ1v) is 17.3. The van der Waals surface area contributed by atoms with Gasteiger partial charge in [-0.2, -0.15) is 0 Å². The van der Waals surface area contributed by atoms with E-state index >= 15 is 0 Å². The van der Waals surface area contributed by atoms with Crippen LogP contribution in [0.5, 0.6) is 0 Å². The minimum atomic E-state index is -0.170. The highest BCUT2D eigenvalue weighted by atomic mass is 32.1. The molecule has 4 aromatic carbocycles. The fourth-order valence-corrected chi connectivity index (χ4v) is 6.06. The predicted molar refractivity (Wildman–Crippen MR) is 208 cm³/mol. The number of thiophene rings is 1. The van der Waals surface area contributed by atoms with E-state index in [1.165, 1.54) is 25.9 Å². The van der Waals surface area contributed by atoms with Crippen LogP contribution < -0.4 is 33.6 Å². The molecule has 1 amide bonds. The number of anilines is 2. The number of amides is 1. The molecule has 0 aliphatic carbocycles. The van der Waals surface area contributed by atoms with Crippen LogP contribution in [0.3, 0.4) is 0 Å². The van der Waals surface area contributed by atoms with E-state index in [4.69, 9.17) is 35.2 Å². The van der Waals surface area contributed by atoms with Crippen molar-refractivity contribution in [1.29, 1.82) is 0 Å². The van der Waals surface area contributed by atoms with Gasteiger partial charge >= 0.3 is 0 Å². The molecule has 0 fully saturated rings. The number of hydrogen-bond acceptors (Lipinski definition) is 9. The molecule has 11 heteroatoms. The lowest BCUT2D eigenvalue weighted by atomic mass is 10.1. The molecule has 0 aliphatic rings. The number of carbonyl (C=O) groups excluding carboxylic acids is 1. The number of aromatic nitrogens is 1. The maximum Gasteiger partial charge on any atom is 0.238 e. The Morgan fingerprint density at radius 2 is 1.30 bits per heavy atom. The first kappa shape index (κ1) is 37.4. The van der Waals surface area contributed by atoms with Gasteiger partial charge in [-0.25, -0.2) is 4.98 Å². The minimum Gasteiger partial charge on any atom is -0.349 e. The Morgan fingerprint density at radius 1 is 0.723 bits per heavy atom. The number of nitrogens with one attached hydrogen (secondary N) is 2. The van der Waals surface area contributed by atoms with E-state index in [0.717, 1.165) is 41.3 Å². The van der Waals surface area contributed by atoms with Gasteiger partial charge in [0.25, 0.3) is 0 Å². The Morgan fingerprint density at radius 3 is 1.87 bits per heavy atom. The topological polar surface area (TPSA) is 158 Å². The van der Waals surface area contributed by atoms with Gasteiger partial charge < -0.3 is 33.6 Å². The highest BCUT2D eigenvalue weighted by molar-refractivity contribution is 7.80. The molecular formula is C36H43N7OS3. The Balaban J connectivity index is 0.000000171. The van der Waals surface area contributed by atoms with Crippen molar-refractivity contribution in [2.75, 3.05) is 36.8 Å². The molecular weight excluding hydrogens is 643 g/mol. The second-order valence-electron chi connectivity index (χ2n) is 10.1. The molecule has 0 spiro atoms. The SMILES string of the molecule is Cc1nc2ccc(CCN)cc2s1.NCC(=O)Nc1ccccc1.NCC(=S)Nc1ccccc1.NCCc1ccc2ccsc2c1. The summed E-state index contributed by atoms with van der Waals surface area (Å²) in [5.41, 5.74) is 26.9. The van der Waals surface area contributed by atoms with Crippen LogP contribution in [-0.2, 0) is 17.6 Å². The minimum absolute atomic E-state index is 0.0227. The van der Waals surface area contributed by atoms with E-state index in [1.54, 1.807) is 22.7 Å². The normalized spacial score (nSPS) is 10.1. The number of para-hydroxylation sites is 2. The van der Waals surface area contributed by atoms with Gasteiger partial charge in [-0.15, -0.1) is 22.7 Å². The Hall–Kier alpha value is -4.07. The molecule has 0 radical (unpaired) electrons. The lowest BCUT2D eigenvalue weighted by Crippen LogP contribution is -2.21. The number of rotatable bonds is 8. The maximum atomic E-state index is 10.7. The fraction of sp³-hybridized carbons (Fsp3) is 0.194. The van der Waals surface area contributed by atoms with Crippen molar-refractivity contribution in [2.45, 2.75) is 19.8 Å². The Labute approximate surface area is 290 Å². The first-order chi connectivity index (χ1) is 22.8. The van der Waals surface area contributed by atoms with Crippen molar-refractivity contribution >= 4 is 77.5 Å². The zero-order valence-electron chi connectivity index (χ0n) is 26.5. The summed E-state index contributed by atoms with van der Waals surface area (Å²) in [6.07, 6.45) is 1.93. The number of nitrogens with two attached hydrogens (primary N) is 4. The Kier molecular flexibility index (Phi) is 16.7. The van der Waals surface area contributed by atoms with E-state index in [2.05, 4.69) is 63.5 Å². The summed E-state index contributed by atoms with van der Waals surface area (Å²) in [6, 6.07) is 34.0. The summed E-state index contributed by atoms with van der Waals surface area (Å²) in [5, 5.41) is 10.2. The molecule has 0 unspecified atom stereocenters. The van der Waals surface area contributed by atoms with Gasteiger partial charge in [0, 0.05) is 22.6 Å². The van der Waals surface area contributed by atoms with Gasteiger partial charge in [-0.1, -0.05) is 66.8 Å². The van der Waals surface area contributed by atoms with Gasteiger partial charge in [-0.3, -0.25) is 4.79 Å². The molecule has 0 saturated carbocycles. The van der Waals surface area contributed by atoms with Crippen LogP contribution in [0.2, 0.25) is 0 Å². The van der Waals surface area contributed by atoms with Crippen molar-refractivity contribution in [3.8, 4) is 0 Å². The maximum absolute atomic E-state index is 10.7. The van der Waals surface area contributed by atoms with Crippen molar-refractivity contribution in [3.63, 3.8) is 0 Å². The molecule has 2 aromatic heterocycles. The van der Waals surface area contributed by atoms with Crippen LogP contribution in [0, 0.1) is 6.92 Å². The molecule has 0 bridgehead atoms. The average molecular weight is 686 g/mol. The highest BCUT2D eigenvalue weighted by Crippen LogP contribution is 2.23. The van der Waals surface area contributed by atoms with E-state index < -0.39 is 0 Å². The zero-order chi connectivity index (χ0) is 33.9. The van der Waals surface area contributed by atoms with Crippen molar-refractivity contribution in [2.24, 2.45) is 22.9 Å². The molecule has 2 heterocycles. The summed E-state index contributed by atoms with van der Waals surface area (Å²) < 4.78 is 2.63. The number of aryl methyl sites for hydroxylation is 1. The average Bonchev–Trinajstić information content (AvgIpc) is 3.72. The van der Waals surface area contributed by atoms with Gasteiger partial charge in [0.1, 0.15) is 0 Å². The zero-order valence-corrected chi connectivity index (χ0v) is 29.0. The quantitative estimate of drug-likeness (QED) is 0.0995. The monoisotopic (exact) mass is 685 g/mol. The largest absolute Gasteiger partial charge is 0.349 e. The number of carbonyl (C=O) groups is 1. The molecule has 6 aromatic rings. The number of thiocarbonyl (C=S) groups is 1. The lowest BCUT2D eigenvalue weighted by Gasteiger charge is -2.03. The number of nitrogens with zero attached hydrogens (tertiary/aromatic N) is 1. The molecule has 246 valence electrons. The van der Waals surface area contributed by atoms with E-state index in [1.807, 2.05) is 67.6 Å². The van der Waals surface area contributed by atoms with Crippen molar-refractivity contribution in [3.05, 3.63) is 125 Å². The fourth-order valence-electron chi connectivity index (χ4n) is 4.19. The molecule has 8 nitrogen and oxygen atoms in total. The number of thiazole rings is 1. The third-order valence-electron chi connectivity index (χ3n) is 6.43. The van der Waals surface area contributed by atoms with E-state index in [-0.39, 0.29) is 12.5 Å². The molecule has 0 saturated heterocycles. The van der Waals surface area contributed by atoms with Crippen LogP contribution in [0.15, 0.2) is 109 Å². The van der Waals surface area contributed by atoms with Gasteiger partial charge in [0.15, 0.2) is 0 Å². The van der Waals surface area contributed by atoms with Crippen molar-refractivity contribution < 1.29 is 4.79 Å². The van der Waals surface area contributed by atoms with Crippen LogP contribution in [0.1, 0.15) is 16.1 Å². The number of benzene rings is 4. The third-order valence-corrected chi connectivity index (χ3v) is 8.51. The number of hydrogen-bond donors (Lipinski definition) is 6. The van der Waals surface area contributed by atoms with Crippen molar-refractivity contribution in [1.82, 2.24) is 4.98 Å². The summed E-state index contributed by atoms with van der Waals surface area (Å²) >= 11 is 8.43. The summed E-state index contributed by atoms with van der Waals surface area (Å²) in [4.78, 5) is 15.8. The summed E-state index contributed by atoms with van der Waals surface area (Å²) in [5.74, 6) is -0.170. The second-order valence-corrected chi connectivity index (χ2v) is 12.8. The van der Waals surface area contributed by atoms with Gasteiger partial charge in [-0.05, 0) is 103 Å². The van der Waals surface area contributed by atoms with Gasteiger partial charge in [0.05, 0.1) is 26.8 Å². The number of fused-ring (bicyclic) bond motifs is 2. The molecule has 10 N–H and O–H groups in total.